The molecule has 0 saturated heterocycles. The minimum atomic E-state index is 0.296. The average Bonchev–Trinajstić information content (AvgIpc) is 2.48. The van der Waals surface area contributed by atoms with Crippen LogP contribution in [0.25, 0.3) is 0 Å². The van der Waals surface area contributed by atoms with E-state index in [-0.39, 0.29) is 0 Å². The van der Waals surface area contributed by atoms with Crippen molar-refractivity contribution in [3.63, 3.8) is 0 Å². The summed E-state index contributed by atoms with van der Waals surface area (Å²) in [5, 5.41) is 8.52. The number of aliphatic hydroxyl groups excluding tert-OH is 1. The molecule has 0 radical (unpaired) electrons. The first-order valence-electron chi connectivity index (χ1n) is 3.11. The van der Waals surface area contributed by atoms with Crippen LogP contribution in [0.4, 0.5) is 0 Å². The fraction of sp³-hybridized carbons (Fsp3) is 1.00. The van der Waals surface area contributed by atoms with E-state index in [2.05, 4.69) is 0 Å². The van der Waals surface area contributed by atoms with E-state index in [1.54, 1.807) is 0 Å². The Balaban J connectivity index is 1.99. The Morgan fingerprint density at radius 1 is 1.75 bits per heavy atom. The second-order valence-corrected chi connectivity index (χ2v) is 2.17. The maximum absolute atomic E-state index is 8.52. The van der Waals surface area contributed by atoms with Crippen molar-refractivity contribution in [2.45, 2.75) is 19.4 Å². The summed E-state index contributed by atoms with van der Waals surface area (Å²) in [6.07, 6.45) is 1.44. The van der Waals surface area contributed by atoms with Crippen molar-refractivity contribution in [3.05, 3.63) is 0 Å². The Kier molecular flexibility index (Phi) is 1.86. The summed E-state index contributed by atoms with van der Waals surface area (Å²) in [7, 11) is 0. The molecule has 1 saturated carbocycles. The van der Waals surface area contributed by atoms with Gasteiger partial charge in [-0.1, -0.05) is 0 Å². The Morgan fingerprint density at radius 3 is 2.88 bits per heavy atom. The van der Waals surface area contributed by atoms with E-state index in [0.29, 0.717) is 18.6 Å². The van der Waals surface area contributed by atoms with Crippen molar-refractivity contribution in [3.8, 4) is 0 Å². The van der Waals surface area contributed by atoms with Crippen LogP contribution in [0.2, 0.25) is 0 Å². The van der Waals surface area contributed by atoms with Crippen LogP contribution in [0, 0.1) is 5.92 Å². The maximum atomic E-state index is 8.52. The molecule has 0 amide bonds. The highest BCUT2D eigenvalue weighted by atomic mass is 16.5. The Labute approximate surface area is 49.5 Å². The van der Waals surface area contributed by atoms with Crippen LogP contribution in [0.3, 0.4) is 0 Å². The van der Waals surface area contributed by atoms with Crippen molar-refractivity contribution in [1.29, 1.82) is 0 Å². The third-order valence-corrected chi connectivity index (χ3v) is 1.47. The molecule has 0 aromatic carbocycles. The number of ether oxygens (including phenoxy) is 1. The molecule has 1 rings (SSSR count). The first-order valence-corrected chi connectivity index (χ1v) is 3.11. The van der Waals surface area contributed by atoms with Gasteiger partial charge in [0.05, 0.1) is 6.10 Å². The van der Waals surface area contributed by atoms with E-state index in [4.69, 9.17) is 9.84 Å². The fourth-order valence-electron chi connectivity index (χ4n) is 0.830. The SMILES string of the molecule is CCO[C@@H]1C[C@H]1CO. The minimum absolute atomic E-state index is 0.296. The molecule has 1 aliphatic carbocycles. The van der Waals surface area contributed by atoms with Crippen molar-refractivity contribution >= 4 is 0 Å². The molecule has 0 spiro atoms. The van der Waals surface area contributed by atoms with Gasteiger partial charge in [0.1, 0.15) is 0 Å². The van der Waals surface area contributed by atoms with Crippen molar-refractivity contribution in [2.24, 2.45) is 5.92 Å². The molecule has 1 aliphatic rings. The average molecular weight is 116 g/mol. The van der Waals surface area contributed by atoms with E-state index in [0.717, 1.165) is 13.0 Å². The Bertz CT molecular complexity index is 72.9. The summed E-state index contributed by atoms with van der Waals surface area (Å²) in [5.74, 6) is 0.454. The lowest BCUT2D eigenvalue weighted by atomic mass is 10.5. The molecule has 0 aromatic rings. The largest absolute Gasteiger partial charge is 0.396 e. The van der Waals surface area contributed by atoms with Gasteiger partial charge >= 0.3 is 0 Å². The van der Waals surface area contributed by atoms with Crippen LogP contribution in [-0.2, 0) is 4.74 Å². The molecule has 0 aromatic heterocycles. The summed E-state index contributed by atoms with van der Waals surface area (Å²) < 4.78 is 5.20. The predicted molar refractivity (Wildman–Crippen MR) is 30.6 cm³/mol. The van der Waals surface area contributed by atoms with Gasteiger partial charge in [0, 0.05) is 19.1 Å². The van der Waals surface area contributed by atoms with E-state index in [9.17, 15) is 0 Å². The number of rotatable bonds is 3. The normalized spacial score (nSPS) is 35.2. The van der Waals surface area contributed by atoms with Gasteiger partial charge < -0.3 is 9.84 Å². The Morgan fingerprint density at radius 2 is 2.50 bits per heavy atom. The third kappa shape index (κ3) is 1.20. The molecule has 2 atom stereocenters. The molecule has 8 heavy (non-hydrogen) atoms. The summed E-state index contributed by atoms with van der Waals surface area (Å²) in [6.45, 7) is 3.05. The Hall–Kier alpha value is -0.0800. The smallest absolute Gasteiger partial charge is 0.0630 e. The van der Waals surface area contributed by atoms with Gasteiger partial charge in [0.2, 0.25) is 0 Å². The fourth-order valence-corrected chi connectivity index (χ4v) is 0.830. The number of hydrogen-bond donors (Lipinski definition) is 1. The molecule has 0 unspecified atom stereocenters. The molecular formula is C6H12O2. The monoisotopic (exact) mass is 116 g/mol. The van der Waals surface area contributed by atoms with Crippen molar-refractivity contribution in [2.75, 3.05) is 13.2 Å². The van der Waals surface area contributed by atoms with Crippen molar-refractivity contribution < 1.29 is 9.84 Å². The topological polar surface area (TPSA) is 29.5 Å². The molecule has 0 bridgehead atoms. The lowest BCUT2D eigenvalue weighted by Gasteiger charge is -1.94. The zero-order valence-corrected chi connectivity index (χ0v) is 5.13. The molecule has 1 fully saturated rings. The number of hydrogen-bond acceptors (Lipinski definition) is 2. The van der Waals surface area contributed by atoms with Gasteiger partial charge in [-0.3, -0.25) is 0 Å². The summed E-state index contributed by atoms with van der Waals surface area (Å²) in [4.78, 5) is 0. The second-order valence-electron chi connectivity index (χ2n) is 2.17. The standard InChI is InChI=1S/C6H12O2/c1-2-8-6-3-5(6)4-7/h5-7H,2-4H2,1H3/t5-,6+/m0/s1. The molecule has 2 nitrogen and oxygen atoms in total. The highest BCUT2D eigenvalue weighted by molar-refractivity contribution is 4.86. The number of aliphatic hydroxyl groups is 1. The molecule has 0 aliphatic heterocycles. The zero-order chi connectivity index (χ0) is 5.98. The van der Waals surface area contributed by atoms with Crippen LogP contribution in [0.15, 0.2) is 0 Å². The second kappa shape index (κ2) is 2.46. The molecular weight excluding hydrogens is 104 g/mol. The van der Waals surface area contributed by atoms with Gasteiger partial charge in [0.25, 0.3) is 0 Å². The molecule has 48 valence electrons. The molecule has 0 heterocycles. The zero-order valence-electron chi connectivity index (χ0n) is 5.13. The van der Waals surface area contributed by atoms with Crippen LogP contribution in [-0.4, -0.2) is 24.4 Å². The van der Waals surface area contributed by atoms with Gasteiger partial charge in [0.15, 0.2) is 0 Å². The summed E-state index contributed by atoms with van der Waals surface area (Å²) in [5.41, 5.74) is 0. The van der Waals surface area contributed by atoms with Gasteiger partial charge in [-0.05, 0) is 13.3 Å². The van der Waals surface area contributed by atoms with E-state index in [1.165, 1.54) is 0 Å². The van der Waals surface area contributed by atoms with Gasteiger partial charge in [-0.2, -0.15) is 0 Å². The van der Waals surface area contributed by atoms with Gasteiger partial charge in [-0.15, -0.1) is 0 Å². The lowest BCUT2D eigenvalue weighted by molar-refractivity contribution is 0.110. The summed E-state index contributed by atoms with van der Waals surface area (Å²) >= 11 is 0. The predicted octanol–water partition coefficient (Wildman–Crippen LogP) is 0.404. The van der Waals surface area contributed by atoms with Crippen LogP contribution in [0.1, 0.15) is 13.3 Å². The van der Waals surface area contributed by atoms with Crippen LogP contribution >= 0.6 is 0 Å². The van der Waals surface area contributed by atoms with E-state index < -0.39 is 0 Å². The van der Waals surface area contributed by atoms with Crippen LogP contribution < -0.4 is 0 Å². The van der Waals surface area contributed by atoms with Gasteiger partial charge in [-0.25, -0.2) is 0 Å². The molecule has 2 heteroatoms. The quantitative estimate of drug-likeness (QED) is 0.578. The maximum Gasteiger partial charge on any atom is 0.0630 e. The highest BCUT2D eigenvalue weighted by Crippen LogP contribution is 2.32. The highest BCUT2D eigenvalue weighted by Gasteiger charge is 2.36. The first kappa shape index (κ1) is 6.05. The van der Waals surface area contributed by atoms with Crippen LogP contribution in [0.5, 0.6) is 0 Å². The van der Waals surface area contributed by atoms with Crippen molar-refractivity contribution in [1.82, 2.24) is 0 Å². The third-order valence-electron chi connectivity index (χ3n) is 1.47. The minimum Gasteiger partial charge on any atom is -0.396 e. The molecule has 1 N–H and O–H groups in total. The summed E-state index contributed by atoms with van der Waals surface area (Å²) in [6, 6.07) is 0. The van der Waals surface area contributed by atoms with E-state index >= 15 is 0 Å². The van der Waals surface area contributed by atoms with E-state index in [1.807, 2.05) is 6.92 Å². The lowest BCUT2D eigenvalue weighted by Crippen LogP contribution is -1.98. The first-order chi connectivity index (χ1) is 3.88.